The Morgan fingerprint density at radius 3 is 2.79 bits per heavy atom. The Bertz CT molecular complexity index is 1140. The van der Waals surface area contributed by atoms with Crippen LogP contribution in [0, 0.1) is 0 Å². The zero-order valence-corrected chi connectivity index (χ0v) is 14.6. The molecule has 142 valence electrons. The van der Waals surface area contributed by atoms with Gasteiger partial charge in [-0.3, -0.25) is 4.68 Å². The van der Waals surface area contributed by atoms with Gasteiger partial charge in [0, 0.05) is 30.2 Å². The van der Waals surface area contributed by atoms with Crippen molar-refractivity contribution in [3.8, 4) is 28.3 Å². The van der Waals surface area contributed by atoms with E-state index in [1.54, 1.807) is 6.07 Å². The van der Waals surface area contributed by atoms with E-state index < -0.39 is 6.36 Å². The first-order chi connectivity index (χ1) is 13.5. The number of aromatic nitrogens is 4. The zero-order valence-electron chi connectivity index (χ0n) is 14.6. The van der Waals surface area contributed by atoms with Gasteiger partial charge in [-0.2, -0.15) is 5.10 Å². The summed E-state index contributed by atoms with van der Waals surface area (Å²) in [5, 5.41) is 4.68. The van der Waals surface area contributed by atoms with Crippen molar-refractivity contribution >= 4 is 5.65 Å². The fourth-order valence-corrected chi connectivity index (χ4v) is 3.70. The fraction of sp³-hybridized carbons (Fsp3) is 0.200. The molecular weight excluding hydrogens is 369 g/mol. The van der Waals surface area contributed by atoms with Gasteiger partial charge < -0.3 is 9.14 Å². The summed E-state index contributed by atoms with van der Waals surface area (Å²) in [5.74, 6) is -0.265. The molecule has 0 radical (unpaired) electrons. The van der Waals surface area contributed by atoms with E-state index in [4.69, 9.17) is 4.98 Å². The van der Waals surface area contributed by atoms with Crippen LogP contribution in [0.5, 0.6) is 5.75 Å². The van der Waals surface area contributed by atoms with Crippen LogP contribution < -0.4 is 4.74 Å². The Labute approximate surface area is 158 Å². The SMILES string of the molecule is FC(F)(F)Oc1cccc(-c2nn3c(c2-c2cn4ccccc4n2)CCC3)c1. The lowest BCUT2D eigenvalue weighted by Gasteiger charge is -2.10. The number of aryl methyl sites for hydroxylation is 1. The van der Waals surface area contributed by atoms with Gasteiger partial charge in [0.25, 0.3) is 0 Å². The molecule has 4 heterocycles. The normalized spacial score (nSPS) is 13.8. The second-order valence-electron chi connectivity index (χ2n) is 6.66. The van der Waals surface area contributed by atoms with Gasteiger partial charge in [-0.15, -0.1) is 13.2 Å². The number of ether oxygens (including phenoxy) is 1. The maximum Gasteiger partial charge on any atom is 0.573 e. The minimum Gasteiger partial charge on any atom is -0.406 e. The van der Waals surface area contributed by atoms with E-state index in [9.17, 15) is 13.2 Å². The molecule has 28 heavy (non-hydrogen) atoms. The van der Waals surface area contributed by atoms with Gasteiger partial charge in [-0.1, -0.05) is 18.2 Å². The van der Waals surface area contributed by atoms with Crippen molar-refractivity contribution in [3.63, 3.8) is 0 Å². The number of alkyl halides is 3. The lowest BCUT2D eigenvalue weighted by Crippen LogP contribution is -2.17. The standard InChI is InChI=1S/C20H15F3N4O/c21-20(22,23)28-14-6-3-5-13(11-14)19-18(16-7-4-10-27(16)25-19)15-12-26-9-2-1-8-17(26)24-15/h1-3,5-6,8-9,11-12H,4,7,10H2. The monoisotopic (exact) mass is 384 g/mol. The quantitative estimate of drug-likeness (QED) is 0.514. The van der Waals surface area contributed by atoms with E-state index in [-0.39, 0.29) is 5.75 Å². The predicted octanol–water partition coefficient (Wildman–Crippen LogP) is 4.71. The Morgan fingerprint density at radius 1 is 1.07 bits per heavy atom. The largest absolute Gasteiger partial charge is 0.573 e. The Kier molecular flexibility index (Phi) is 3.68. The van der Waals surface area contributed by atoms with Gasteiger partial charge in [0.1, 0.15) is 17.1 Å². The van der Waals surface area contributed by atoms with Crippen molar-refractivity contribution in [2.75, 3.05) is 0 Å². The molecule has 0 amide bonds. The number of hydrogen-bond donors (Lipinski definition) is 0. The topological polar surface area (TPSA) is 44.4 Å². The summed E-state index contributed by atoms with van der Waals surface area (Å²) >= 11 is 0. The van der Waals surface area contributed by atoms with Crippen molar-refractivity contribution in [1.29, 1.82) is 0 Å². The van der Waals surface area contributed by atoms with Gasteiger partial charge in [-0.25, -0.2) is 4.98 Å². The molecular formula is C20H15F3N4O. The summed E-state index contributed by atoms with van der Waals surface area (Å²) in [5.41, 5.74) is 4.66. The van der Waals surface area contributed by atoms with E-state index >= 15 is 0 Å². The molecule has 5 nitrogen and oxygen atoms in total. The van der Waals surface area contributed by atoms with Crippen molar-refractivity contribution in [2.24, 2.45) is 0 Å². The zero-order chi connectivity index (χ0) is 19.3. The molecule has 0 saturated heterocycles. The summed E-state index contributed by atoms with van der Waals surface area (Å²) in [6.45, 7) is 0.786. The maximum atomic E-state index is 12.6. The molecule has 0 saturated carbocycles. The molecule has 5 rings (SSSR count). The third-order valence-electron chi connectivity index (χ3n) is 4.80. The molecule has 3 aromatic heterocycles. The first kappa shape index (κ1) is 16.9. The first-order valence-electron chi connectivity index (χ1n) is 8.88. The molecule has 0 atom stereocenters. The summed E-state index contributed by atoms with van der Waals surface area (Å²) in [4.78, 5) is 4.70. The van der Waals surface area contributed by atoms with Crippen molar-refractivity contribution < 1.29 is 17.9 Å². The van der Waals surface area contributed by atoms with Gasteiger partial charge >= 0.3 is 6.36 Å². The van der Waals surface area contributed by atoms with Crippen LogP contribution in [0.15, 0.2) is 54.9 Å². The van der Waals surface area contributed by atoms with Gasteiger partial charge in [0.15, 0.2) is 0 Å². The predicted molar refractivity (Wildman–Crippen MR) is 96.9 cm³/mol. The average molecular weight is 384 g/mol. The van der Waals surface area contributed by atoms with Crippen LogP contribution in [0.2, 0.25) is 0 Å². The second kappa shape index (κ2) is 6.12. The number of halogens is 3. The Hall–Kier alpha value is -3.29. The lowest BCUT2D eigenvalue weighted by molar-refractivity contribution is -0.274. The van der Waals surface area contributed by atoms with E-state index in [1.165, 1.54) is 18.2 Å². The second-order valence-corrected chi connectivity index (χ2v) is 6.66. The van der Waals surface area contributed by atoms with Gasteiger partial charge in [0.05, 0.1) is 11.3 Å². The number of hydrogen-bond acceptors (Lipinski definition) is 3. The number of imidazole rings is 1. The molecule has 1 aliphatic rings. The number of rotatable bonds is 3. The maximum absolute atomic E-state index is 12.6. The highest BCUT2D eigenvalue weighted by molar-refractivity contribution is 5.82. The third-order valence-corrected chi connectivity index (χ3v) is 4.80. The summed E-state index contributed by atoms with van der Waals surface area (Å²) in [7, 11) is 0. The van der Waals surface area contributed by atoms with Crippen molar-refractivity contribution in [1.82, 2.24) is 19.2 Å². The van der Waals surface area contributed by atoms with Crippen LogP contribution in [0.3, 0.4) is 0 Å². The summed E-state index contributed by atoms with van der Waals surface area (Å²) < 4.78 is 45.8. The molecule has 1 aliphatic heterocycles. The molecule has 0 aliphatic carbocycles. The minimum absolute atomic E-state index is 0.265. The van der Waals surface area contributed by atoms with Crippen LogP contribution >= 0.6 is 0 Å². The lowest BCUT2D eigenvalue weighted by atomic mass is 10.0. The smallest absolute Gasteiger partial charge is 0.406 e. The minimum atomic E-state index is -4.74. The van der Waals surface area contributed by atoms with E-state index in [0.29, 0.717) is 11.3 Å². The van der Waals surface area contributed by atoms with Crippen molar-refractivity contribution in [2.45, 2.75) is 25.7 Å². The molecule has 0 fully saturated rings. The first-order valence-corrected chi connectivity index (χ1v) is 8.88. The highest BCUT2D eigenvalue weighted by Gasteiger charge is 2.31. The van der Waals surface area contributed by atoms with E-state index in [0.717, 1.165) is 42.0 Å². The number of fused-ring (bicyclic) bond motifs is 2. The highest BCUT2D eigenvalue weighted by Crippen LogP contribution is 2.38. The van der Waals surface area contributed by atoms with Crippen LogP contribution in [-0.2, 0) is 13.0 Å². The number of pyridine rings is 1. The average Bonchev–Trinajstić information content (AvgIpc) is 3.33. The van der Waals surface area contributed by atoms with Gasteiger partial charge in [-0.05, 0) is 37.1 Å². The summed E-state index contributed by atoms with van der Waals surface area (Å²) in [6, 6.07) is 11.7. The number of benzene rings is 1. The molecule has 0 spiro atoms. The molecule has 1 aromatic carbocycles. The number of nitrogens with zero attached hydrogens (tertiary/aromatic N) is 4. The van der Waals surface area contributed by atoms with Crippen molar-refractivity contribution in [3.05, 3.63) is 60.6 Å². The molecule has 0 N–H and O–H groups in total. The van der Waals surface area contributed by atoms with E-state index in [2.05, 4.69) is 9.84 Å². The molecule has 4 aromatic rings. The molecule has 0 unspecified atom stereocenters. The van der Waals surface area contributed by atoms with E-state index in [1.807, 2.05) is 39.7 Å². The van der Waals surface area contributed by atoms with Crippen LogP contribution in [0.4, 0.5) is 13.2 Å². The Morgan fingerprint density at radius 2 is 1.96 bits per heavy atom. The molecule has 0 bridgehead atoms. The third kappa shape index (κ3) is 2.90. The Balaban J connectivity index is 1.66. The van der Waals surface area contributed by atoms with Crippen LogP contribution in [0.25, 0.3) is 28.2 Å². The highest BCUT2D eigenvalue weighted by atomic mass is 19.4. The summed E-state index contributed by atoms with van der Waals surface area (Å²) in [6.07, 6.45) is 0.937. The van der Waals surface area contributed by atoms with Crippen LogP contribution in [0.1, 0.15) is 12.1 Å². The molecule has 8 heteroatoms. The van der Waals surface area contributed by atoms with Crippen LogP contribution in [-0.4, -0.2) is 25.5 Å². The van der Waals surface area contributed by atoms with Gasteiger partial charge in [0.2, 0.25) is 0 Å². The fourth-order valence-electron chi connectivity index (χ4n) is 3.70.